The second-order valence-electron chi connectivity index (χ2n) is 5.30. The first-order valence-electron chi connectivity index (χ1n) is 7.49. The molecule has 0 aliphatic heterocycles. The van der Waals surface area contributed by atoms with Gasteiger partial charge in [0.1, 0.15) is 12.4 Å². The average molecular weight is 337 g/mol. The van der Waals surface area contributed by atoms with Crippen molar-refractivity contribution >= 4 is 5.91 Å². The van der Waals surface area contributed by atoms with Crippen LogP contribution in [0.15, 0.2) is 42.5 Å². The summed E-state index contributed by atoms with van der Waals surface area (Å²) in [6, 6.07) is 10.1. The van der Waals surface area contributed by atoms with Crippen LogP contribution in [0.3, 0.4) is 0 Å². The minimum Gasteiger partial charge on any atom is -0.488 e. The molecule has 2 rings (SSSR count). The van der Waals surface area contributed by atoms with Crippen LogP contribution >= 0.6 is 0 Å². The molecule has 0 aliphatic carbocycles. The van der Waals surface area contributed by atoms with Gasteiger partial charge in [-0.15, -0.1) is 0 Å². The topological polar surface area (TPSA) is 38.3 Å². The summed E-state index contributed by atoms with van der Waals surface area (Å²) in [5, 5.41) is 2.69. The second-order valence-corrected chi connectivity index (χ2v) is 5.30. The number of hydrogen-bond acceptors (Lipinski definition) is 2. The molecule has 0 saturated carbocycles. The van der Waals surface area contributed by atoms with E-state index in [1.54, 1.807) is 38.1 Å². The van der Waals surface area contributed by atoms with Crippen LogP contribution in [-0.2, 0) is 12.8 Å². The Morgan fingerprint density at radius 1 is 1.17 bits per heavy atom. The summed E-state index contributed by atoms with van der Waals surface area (Å²) < 4.78 is 43.9. The lowest BCUT2D eigenvalue weighted by Gasteiger charge is -2.14. The maximum Gasteiger partial charge on any atom is 0.416 e. The van der Waals surface area contributed by atoms with Crippen molar-refractivity contribution in [1.29, 1.82) is 0 Å². The molecule has 0 spiro atoms. The van der Waals surface area contributed by atoms with E-state index in [-0.39, 0.29) is 12.5 Å². The van der Waals surface area contributed by atoms with Gasteiger partial charge in [-0.3, -0.25) is 4.79 Å². The van der Waals surface area contributed by atoms with Gasteiger partial charge in [0.25, 0.3) is 5.91 Å². The number of para-hydroxylation sites is 1. The van der Waals surface area contributed by atoms with Crippen molar-refractivity contribution in [3.05, 3.63) is 64.7 Å². The highest BCUT2D eigenvalue weighted by Crippen LogP contribution is 2.30. The third-order valence-corrected chi connectivity index (χ3v) is 3.43. The van der Waals surface area contributed by atoms with Gasteiger partial charge in [0.15, 0.2) is 0 Å². The summed E-state index contributed by atoms with van der Waals surface area (Å²) in [7, 11) is 0. The second kappa shape index (κ2) is 7.38. The Labute approximate surface area is 138 Å². The minimum absolute atomic E-state index is 0.0544. The fourth-order valence-corrected chi connectivity index (χ4v) is 2.27. The number of nitrogens with one attached hydrogen (secondary N) is 1. The molecular weight excluding hydrogens is 319 g/mol. The van der Waals surface area contributed by atoms with Crippen LogP contribution in [0.4, 0.5) is 13.2 Å². The Hall–Kier alpha value is -2.50. The van der Waals surface area contributed by atoms with Crippen LogP contribution < -0.4 is 10.1 Å². The van der Waals surface area contributed by atoms with Gasteiger partial charge in [-0.1, -0.05) is 24.3 Å². The van der Waals surface area contributed by atoms with Crippen molar-refractivity contribution in [2.75, 3.05) is 6.54 Å². The molecule has 2 aromatic carbocycles. The Morgan fingerprint density at radius 2 is 1.88 bits per heavy atom. The van der Waals surface area contributed by atoms with Crippen LogP contribution in [0, 0.1) is 6.92 Å². The van der Waals surface area contributed by atoms with Crippen molar-refractivity contribution in [3.8, 4) is 5.75 Å². The quantitative estimate of drug-likeness (QED) is 0.881. The highest BCUT2D eigenvalue weighted by molar-refractivity contribution is 5.97. The van der Waals surface area contributed by atoms with E-state index in [0.29, 0.717) is 23.4 Å². The van der Waals surface area contributed by atoms with Crippen LogP contribution in [0.1, 0.15) is 34.0 Å². The van der Waals surface area contributed by atoms with E-state index in [4.69, 9.17) is 4.74 Å². The average Bonchev–Trinajstić information content (AvgIpc) is 2.53. The van der Waals surface area contributed by atoms with Gasteiger partial charge in [0.2, 0.25) is 0 Å². The van der Waals surface area contributed by atoms with Crippen LogP contribution in [0.25, 0.3) is 0 Å². The Morgan fingerprint density at radius 3 is 2.54 bits per heavy atom. The molecule has 128 valence electrons. The molecule has 0 heterocycles. The van der Waals surface area contributed by atoms with E-state index in [2.05, 4.69) is 5.32 Å². The fraction of sp³-hybridized carbons (Fsp3) is 0.278. The third kappa shape index (κ3) is 4.28. The van der Waals surface area contributed by atoms with Crippen molar-refractivity contribution in [2.45, 2.75) is 26.6 Å². The molecule has 1 amide bonds. The Kier molecular flexibility index (Phi) is 5.49. The first kappa shape index (κ1) is 17.8. The van der Waals surface area contributed by atoms with Crippen molar-refractivity contribution in [3.63, 3.8) is 0 Å². The summed E-state index contributed by atoms with van der Waals surface area (Å²) in [5.41, 5.74) is 0.766. The monoisotopic (exact) mass is 337 g/mol. The predicted molar refractivity (Wildman–Crippen MR) is 85.0 cm³/mol. The molecule has 0 bridgehead atoms. The van der Waals surface area contributed by atoms with E-state index in [1.165, 1.54) is 6.07 Å². The van der Waals surface area contributed by atoms with E-state index in [1.807, 2.05) is 0 Å². The normalized spacial score (nSPS) is 11.2. The lowest BCUT2D eigenvalue weighted by molar-refractivity contribution is -0.137. The maximum atomic E-state index is 12.8. The number of amides is 1. The number of rotatable bonds is 5. The van der Waals surface area contributed by atoms with Gasteiger partial charge in [0, 0.05) is 6.54 Å². The van der Waals surface area contributed by atoms with Crippen molar-refractivity contribution in [2.24, 2.45) is 0 Å². The summed E-state index contributed by atoms with van der Waals surface area (Å²) in [6.07, 6.45) is -4.40. The molecule has 24 heavy (non-hydrogen) atoms. The SMILES string of the molecule is CCNC(=O)c1cccc(C)c1OCc1cccc(C(F)(F)F)c1. The smallest absolute Gasteiger partial charge is 0.416 e. The Bertz CT molecular complexity index is 726. The number of alkyl halides is 3. The van der Waals surface area contributed by atoms with E-state index in [9.17, 15) is 18.0 Å². The van der Waals surface area contributed by atoms with Gasteiger partial charge in [-0.05, 0) is 43.2 Å². The first-order valence-corrected chi connectivity index (χ1v) is 7.49. The molecule has 0 aliphatic rings. The molecular formula is C18H18F3NO2. The van der Waals surface area contributed by atoms with E-state index < -0.39 is 11.7 Å². The summed E-state index contributed by atoms with van der Waals surface area (Å²) in [4.78, 5) is 12.1. The van der Waals surface area contributed by atoms with Gasteiger partial charge in [-0.2, -0.15) is 13.2 Å². The lowest BCUT2D eigenvalue weighted by atomic mass is 10.1. The Balaban J connectivity index is 2.22. The largest absolute Gasteiger partial charge is 0.488 e. The maximum absolute atomic E-state index is 12.8. The zero-order chi connectivity index (χ0) is 17.7. The molecule has 2 aromatic rings. The van der Waals surface area contributed by atoms with Crippen LogP contribution in [0.2, 0.25) is 0 Å². The number of carbonyl (C=O) groups is 1. The molecule has 0 fully saturated rings. The standard InChI is InChI=1S/C18H18F3NO2/c1-3-22-17(23)15-9-4-6-12(2)16(15)24-11-13-7-5-8-14(10-13)18(19,20)21/h4-10H,3,11H2,1-2H3,(H,22,23). The summed E-state index contributed by atoms with van der Waals surface area (Å²) in [6.45, 7) is 4.00. The molecule has 0 radical (unpaired) electrons. The number of halogens is 3. The molecule has 1 N–H and O–H groups in total. The van der Waals surface area contributed by atoms with E-state index in [0.717, 1.165) is 17.7 Å². The fourth-order valence-electron chi connectivity index (χ4n) is 2.27. The van der Waals surface area contributed by atoms with Gasteiger partial charge >= 0.3 is 6.18 Å². The van der Waals surface area contributed by atoms with Crippen LogP contribution in [-0.4, -0.2) is 12.5 Å². The van der Waals surface area contributed by atoms with Crippen molar-refractivity contribution < 1.29 is 22.7 Å². The molecule has 0 saturated heterocycles. The number of carbonyl (C=O) groups excluding carboxylic acids is 1. The molecule has 0 aromatic heterocycles. The highest BCUT2D eigenvalue weighted by atomic mass is 19.4. The number of aryl methyl sites for hydroxylation is 1. The number of ether oxygens (including phenoxy) is 1. The number of hydrogen-bond donors (Lipinski definition) is 1. The highest BCUT2D eigenvalue weighted by Gasteiger charge is 2.30. The van der Waals surface area contributed by atoms with Gasteiger partial charge in [0.05, 0.1) is 11.1 Å². The predicted octanol–water partition coefficient (Wildman–Crippen LogP) is 4.34. The number of benzene rings is 2. The zero-order valence-electron chi connectivity index (χ0n) is 13.4. The lowest BCUT2D eigenvalue weighted by Crippen LogP contribution is -2.23. The molecule has 3 nitrogen and oxygen atoms in total. The van der Waals surface area contributed by atoms with Gasteiger partial charge < -0.3 is 10.1 Å². The molecule has 6 heteroatoms. The third-order valence-electron chi connectivity index (χ3n) is 3.43. The molecule has 0 atom stereocenters. The van der Waals surface area contributed by atoms with E-state index >= 15 is 0 Å². The molecule has 0 unspecified atom stereocenters. The summed E-state index contributed by atoms with van der Waals surface area (Å²) in [5.74, 6) is 0.0982. The first-order chi connectivity index (χ1) is 11.3. The summed E-state index contributed by atoms with van der Waals surface area (Å²) >= 11 is 0. The zero-order valence-corrected chi connectivity index (χ0v) is 13.4. The van der Waals surface area contributed by atoms with Crippen LogP contribution in [0.5, 0.6) is 5.75 Å². The van der Waals surface area contributed by atoms with Gasteiger partial charge in [-0.25, -0.2) is 0 Å². The van der Waals surface area contributed by atoms with Crippen molar-refractivity contribution in [1.82, 2.24) is 5.32 Å². The minimum atomic E-state index is -4.40.